The molecule has 0 unspecified atom stereocenters. The van der Waals surface area contributed by atoms with Crippen molar-refractivity contribution in [1.82, 2.24) is 0 Å². The zero-order chi connectivity index (χ0) is 26.9. The highest BCUT2D eigenvalue weighted by atomic mass is 127. The summed E-state index contributed by atoms with van der Waals surface area (Å²) in [6, 6.07) is 13.2. The molecule has 0 aliphatic carbocycles. The molecule has 222 valence electrons. The van der Waals surface area contributed by atoms with E-state index in [9.17, 15) is 0 Å². The zero-order valence-corrected chi connectivity index (χ0v) is 32.5. The Morgan fingerprint density at radius 3 is 0.846 bits per heavy atom. The topological polar surface area (TPSA) is 11.6 Å². The van der Waals surface area contributed by atoms with Crippen LogP contribution in [-0.4, -0.2) is 0 Å². The second-order valence-electron chi connectivity index (χ2n) is 10.2. The molecule has 0 N–H and O–H groups in total. The van der Waals surface area contributed by atoms with E-state index in [0.717, 1.165) is 19.6 Å². The van der Waals surface area contributed by atoms with Crippen molar-refractivity contribution in [2.45, 2.75) is 120 Å². The summed E-state index contributed by atoms with van der Waals surface area (Å²) in [4.78, 5) is 0. The molecule has 0 atom stereocenters. The van der Waals surface area contributed by atoms with E-state index in [4.69, 9.17) is 0 Å². The quantitative estimate of drug-likeness (QED) is 0.178. The smallest absolute Gasteiger partial charge is 0.178 e. The lowest BCUT2D eigenvalue weighted by atomic mass is 10.2. The van der Waals surface area contributed by atoms with Crippen molar-refractivity contribution >= 4 is 0 Å². The number of unbranched alkanes of at least 4 members (excludes halogenated alkanes) is 3. The Bertz CT molecular complexity index is 907. The zero-order valence-electron chi connectivity index (χ0n) is 26.0. The number of hydrogen-bond donors (Lipinski definition) is 0. The number of aryl methyl sites for hydroxylation is 9. The number of hydrogen-bond acceptors (Lipinski definition) is 0. The maximum absolute atomic E-state index is 2.32. The van der Waals surface area contributed by atoms with Crippen molar-refractivity contribution in [1.29, 1.82) is 0 Å². The van der Waals surface area contributed by atoms with Crippen LogP contribution in [0, 0.1) is 41.5 Å². The van der Waals surface area contributed by atoms with Gasteiger partial charge in [0, 0.05) is 76.4 Å². The second kappa shape index (κ2) is 25.4. The van der Waals surface area contributed by atoms with Gasteiger partial charge in [0.2, 0.25) is 0 Å². The fourth-order valence-electron chi connectivity index (χ4n) is 4.09. The van der Waals surface area contributed by atoms with E-state index in [1.54, 1.807) is 0 Å². The first-order valence-corrected chi connectivity index (χ1v) is 14.1. The fraction of sp³-hybridized carbons (Fsp3) is 0.545. The van der Waals surface area contributed by atoms with E-state index in [1.165, 1.54) is 72.3 Å². The normalized spacial score (nSPS) is 9.46. The molecule has 6 heteroatoms. The van der Waals surface area contributed by atoms with E-state index in [0.29, 0.717) is 0 Å². The van der Waals surface area contributed by atoms with Gasteiger partial charge in [-0.1, -0.05) is 40.0 Å². The van der Waals surface area contributed by atoms with Crippen molar-refractivity contribution in [3.8, 4) is 0 Å². The molecule has 0 fully saturated rings. The molecule has 0 radical (unpaired) electrons. The van der Waals surface area contributed by atoms with Gasteiger partial charge in [0.25, 0.3) is 0 Å². The van der Waals surface area contributed by atoms with E-state index < -0.39 is 0 Å². The van der Waals surface area contributed by atoms with Crippen LogP contribution < -0.4 is 85.6 Å². The van der Waals surface area contributed by atoms with Crippen LogP contribution in [0.1, 0.15) is 93.1 Å². The van der Waals surface area contributed by atoms with Crippen LogP contribution in [0.3, 0.4) is 0 Å². The summed E-state index contributed by atoms with van der Waals surface area (Å²) in [7, 11) is 0. The third-order valence-electron chi connectivity index (χ3n) is 6.48. The third-order valence-corrected chi connectivity index (χ3v) is 6.48. The maximum Gasteiger partial charge on any atom is 0.178 e. The predicted octanol–water partition coefficient (Wildman–Crippen LogP) is -1.81. The summed E-state index contributed by atoms with van der Waals surface area (Å²) in [5, 5.41) is 0. The highest BCUT2D eigenvalue weighted by molar-refractivity contribution is 5.10. The number of rotatable bonds is 9. The molecule has 3 rings (SSSR count). The largest absolute Gasteiger partial charge is 1.00 e. The molecule has 0 amide bonds. The maximum atomic E-state index is 2.32. The van der Waals surface area contributed by atoms with Crippen molar-refractivity contribution in [3.05, 3.63) is 88.8 Å². The number of halogens is 3. The van der Waals surface area contributed by atoms with Crippen molar-refractivity contribution in [2.75, 3.05) is 0 Å². The minimum Gasteiger partial charge on any atom is -1.00 e. The molecule has 0 aliphatic heterocycles. The Balaban J connectivity index is -0.000000480. The van der Waals surface area contributed by atoms with Crippen molar-refractivity contribution in [3.63, 3.8) is 0 Å². The SMILES string of the molecule is CCCC[n+]1ccc(C)cc1C.CCCC[n+]1ccc(C)cc1C.CCCC[n+]1ccc(C)cc1C.[I-].[I-].[I-]. The van der Waals surface area contributed by atoms with Crippen LogP contribution in [0.25, 0.3) is 0 Å². The summed E-state index contributed by atoms with van der Waals surface area (Å²) in [5.74, 6) is 0. The van der Waals surface area contributed by atoms with E-state index >= 15 is 0 Å². The molecule has 39 heavy (non-hydrogen) atoms. The van der Waals surface area contributed by atoms with Gasteiger partial charge in [0.15, 0.2) is 35.7 Å². The third kappa shape index (κ3) is 18.6. The highest BCUT2D eigenvalue weighted by Crippen LogP contribution is 1.99. The van der Waals surface area contributed by atoms with Gasteiger partial charge in [0.1, 0.15) is 19.6 Å². The summed E-state index contributed by atoms with van der Waals surface area (Å²) >= 11 is 0. The summed E-state index contributed by atoms with van der Waals surface area (Å²) in [6.45, 7) is 23.1. The van der Waals surface area contributed by atoms with E-state index in [-0.39, 0.29) is 71.9 Å². The van der Waals surface area contributed by atoms with Crippen LogP contribution >= 0.6 is 0 Å². The standard InChI is InChI=1S/3C11H18N.3HI/c3*1-4-5-7-12-8-6-10(2)9-11(12)3;;;/h3*6,8-9H,4-5,7H2,1-3H3;3*1H/q3*+1;;;/p-3. The number of pyridine rings is 3. The molecule has 0 saturated carbocycles. The highest BCUT2D eigenvalue weighted by Gasteiger charge is 2.05. The number of nitrogens with zero attached hydrogens (tertiary/aromatic N) is 3. The van der Waals surface area contributed by atoms with Crippen LogP contribution in [0.5, 0.6) is 0 Å². The van der Waals surface area contributed by atoms with Crippen LogP contribution in [-0.2, 0) is 19.6 Å². The average molecular weight is 874 g/mol. The fourth-order valence-corrected chi connectivity index (χ4v) is 4.09. The second-order valence-corrected chi connectivity index (χ2v) is 10.2. The van der Waals surface area contributed by atoms with Crippen molar-refractivity contribution < 1.29 is 85.6 Å². The first kappa shape index (κ1) is 43.1. The lowest BCUT2D eigenvalue weighted by Crippen LogP contribution is -3.00. The van der Waals surface area contributed by atoms with Crippen LogP contribution in [0.4, 0.5) is 0 Å². The summed E-state index contributed by atoms with van der Waals surface area (Å²) < 4.78 is 6.95. The molecule has 0 spiro atoms. The van der Waals surface area contributed by atoms with Gasteiger partial charge in [-0.05, 0) is 37.5 Å². The van der Waals surface area contributed by atoms with Gasteiger partial charge in [-0.2, -0.15) is 0 Å². The average Bonchev–Trinajstić information content (AvgIpc) is 2.83. The molecule has 0 aliphatic rings. The predicted molar refractivity (Wildman–Crippen MR) is 153 cm³/mol. The molecule has 3 aromatic rings. The number of aromatic nitrogens is 3. The Labute approximate surface area is 292 Å². The Morgan fingerprint density at radius 2 is 0.667 bits per heavy atom. The van der Waals surface area contributed by atoms with Crippen LogP contribution in [0.15, 0.2) is 55.0 Å². The summed E-state index contributed by atoms with van der Waals surface area (Å²) in [6.07, 6.45) is 14.2. The lowest BCUT2D eigenvalue weighted by Gasteiger charge is -1.99. The van der Waals surface area contributed by atoms with Gasteiger partial charge in [0.05, 0.1) is 0 Å². The lowest BCUT2D eigenvalue weighted by molar-refractivity contribution is -0.703. The molecule has 0 saturated heterocycles. The van der Waals surface area contributed by atoms with Crippen molar-refractivity contribution in [2.24, 2.45) is 0 Å². The Kier molecular flexibility index (Phi) is 28.0. The molecule has 0 aromatic carbocycles. The molecular formula is C33H54I3N3. The van der Waals surface area contributed by atoms with Gasteiger partial charge >= 0.3 is 0 Å². The minimum absolute atomic E-state index is 0. The van der Waals surface area contributed by atoms with Gasteiger partial charge in [-0.15, -0.1) is 0 Å². The first-order valence-electron chi connectivity index (χ1n) is 14.1. The molecule has 0 bridgehead atoms. The Morgan fingerprint density at radius 1 is 0.436 bits per heavy atom. The van der Waals surface area contributed by atoms with Crippen LogP contribution in [0.2, 0.25) is 0 Å². The molecule has 3 heterocycles. The van der Waals surface area contributed by atoms with E-state index in [2.05, 4.69) is 131 Å². The van der Waals surface area contributed by atoms with Gasteiger partial charge in [-0.3, -0.25) is 0 Å². The monoisotopic (exact) mass is 873 g/mol. The van der Waals surface area contributed by atoms with Gasteiger partial charge in [-0.25, -0.2) is 13.7 Å². The molecule has 3 aromatic heterocycles. The molecule has 3 nitrogen and oxygen atoms in total. The Hall–Kier alpha value is -0.360. The minimum atomic E-state index is 0. The van der Waals surface area contributed by atoms with Gasteiger partial charge < -0.3 is 71.9 Å². The summed E-state index contributed by atoms with van der Waals surface area (Å²) in [5.41, 5.74) is 8.14. The molecular weight excluding hydrogens is 819 g/mol. The first-order chi connectivity index (χ1) is 17.2. The van der Waals surface area contributed by atoms with E-state index in [1.807, 2.05) is 0 Å².